The van der Waals surface area contributed by atoms with Gasteiger partial charge < -0.3 is 5.32 Å². The molecule has 1 aromatic carbocycles. The number of halogens is 1. The van der Waals surface area contributed by atoms with Crippen LogP contribution in [0.4, 0.5) is 10.2 Å². The minimum Gasteiger partial charge on any atom is -0.364 e. The molecular formula is C14H12FN5O. The summed E-state index contributed by atoms with van der Waals surface area (Å²) < 4.78 is 14.7. The van der Waals surface area contributed by atoms with Crippen LogP contribution in [0.25, 0.3) is 11.2 Å². The second kappa shape index (κ2) is 5.28. The normalized spacial score (nSPS) is 10.8. The Morgan fingerprint density at radius 3 is 2.76 bits per heavy atom. The van der Waals surface area contributed by atoms with E-state index in [9.17, 15) is 9.18 Å². The standard InChI is InChI=1S/C14H12FN5O/c1-9(21)20-8-17-11-12(18-14(15)19-13(11)20)16-7-10-5-3-2-4-6-10/h2-6,8H,7H2,1H3,(H,16,18,19). The minimum absolute atomic E-state index is 0.158. The van der Waals surface area contributed by atoms with Gasteiger partial charge in [-0.05, 0) is 5.56 Å². The molecule has 21 heavy (non-hydrogen) atoms. The Hall–Kier alpha value is -2.83. The molecule has 0 radical (unpaired) electrons. The molecule has 7 heteroatoms. The van der Waals surface area contributed by atoms with E-state index in [1.165, 1.54) is 17.8 Å². The fraction of sp³-hybridized carbons (Fsp3) is 0.143. The Bertz CT molecular complexity index is 800. The van der Waals surface area contributed by atoms with Crippen LogP contribution in [0.2, 0.25) is 0 Å². The smallest absolute Gasteiger partial charge is 0.312 e. The van der Waals surface area contributed by atoms with E-state index in [-0.39, 0.29) is 17.4 Å². The van der Waals surface area contributed by atoms with E-state index in [0.29, 0.717) is 12.1 Å². The SMILES string of the molecule is CC(=O)n1cnc2c(NCc3ccccc3)nc(F)nc21. The van der Waals surface area contributed by atoms with Crippen LogP contribution in [0.1, 0.15) is 17.3 Å². The van der Waals surface area contributed by atoms with Crippen molar-refractivity contribution >= 4 is 22.9 Å². The number of aromatic nitrogens is 4. The van der Waals surface area contributed by atoms with Gasteiger partial charge in [-0.3, -0.25) is 9.36 Å². The van der Waals surface area contributed by atoms with Crippen LogP contribution < -0.4 is 5.32 Å². The molecule has 106 valence electrons. The Morgan fingerprint density at radius 1 is 1.29 bits per heavy atom. The van der Waals surface area contributed by atoms with Gasteiger partial charge in [-0.15, -0.1) is 0 Å². The molecule has 0 amide bonds. The maximum atomic E-state index is 13.5. The van der Waals surface area contributed by atoms with Gasteiger partial charge in [0.15, 0.2) is 17.0 Å². The third kappa shape index (κ3) is 2.58. The molecule has 0 atom stereocenters. The Balaban J connectivity index is 1.97. The van der Waals surface area contributed by atoms with Gasteiger partial charge in [-0.1, -0.05) is 30.3 Å². The van der Waals surface area contributed by atoms with Crippen molar-refractivity contribution in [3.63, 3.8) is 0 Å². The highest BCUT2D eigenvalue weighted by Crippen LogP contribution is 2.19. The van der Waals surface area contributed by atoms with Crippen molar-refractivity contribution in [1.29, 1.82) is 0 Å². The van der Waals surface area contributed by atoms with Crippen molar-refractivity contribution in [3.8, 4) is 0 Å². The molecule has 1 N–H and O–H groups in total. The van der Waals surface area contributed by atoms with E-state index in [0.717, 1.165) is 5.56 Å². The van der Waals surface area contributed by atoms with Crippen molar-refractivity contribution in [2.75, 3.05) is 5.32 Å². The Morgan fingerprint density at radius 2 is 2.05 bits per heavy atom. The number of carbonyl (C=O) groups excluding carboxylic acids is 1. The van der Waals surface area contributed by atoms with E-state index >= 15 is 0 Å². The predicted molar refractivity (Wildman–Crippen MR) is 75.4 cm³/mol. The highest BCUT2D eigenvalue weighted by molar-refractivity contribution is 5.91. The lowest BCUT2D eigenvalue weighted by molar-refractivity contribution is 0.0940. The lowest BCUT2D eigenvalue weighted by atomic mass is 10.2. The van der Waals surface area contributed by atoms with Crippen LogP contribution >= 0.6 is 0 Å². The van der Waals surface area contributed by atoms with E-state index in [1.54, 1.807) is 0 Å². The van der Waals surface area contributed by atoms with Gasteiger partial charge >= 0.3 is 6.08 Å². The van der Waals surface area contributed by atoms with E-state index in [2.05, 4.69) is 20.3 Å². The molecule has 0 aliphatic heterocycles. The first-order valence-electron chi connectivity index (χ1n) is 6.34. The first-order valence-corrected chi connectivity index (χ1v) is 6.34. The molecule has 2 heterocycles. The molecule has 3 rings (SSSR count). The van der Waals surface area contributed by atoms with Crippen molar-refractivity contribution in [3.05, 3.63) is 48.3 Å². The molecule has 6 nitrogen and oxygen atoms in total. The highest BCUT2D eigenvalue weighted by atomic mass is 19.1. The summed E-state index contributed by atoms with van der Waals surface area (Å²) in [5.74, 6) is -0.0223. The minimum atomic E-state index is -0.902. The van der Waals surface area contributed by atoms with Crippen LogP contribution in [-0.2, 0) is 6.54 Å². The number of nitrogens with zero attached hydrogens (tertiary/aromatic N) is 4. The number of imidazole rings is 1. The van der Waals surface area contributed by atoms with Crippen LogP contribution in [0.3, 0.4) is 0 Å². The summed E-state index contributed by atoms with van der Waals surface area (Å²) in [6.07, 6.45) is 0.413. The van der Waals surface area contributed by atoms with Gasteiger partial charge in [-0.25, -0.2) is 4.98 Å². The highest BCUT2D eigenvalue weighted by Gasteiger charge is 2.14. The molecule has 0 bridgehead atoms. The molecule has 0 unspecified atom stereocenters. The summed E-state index contributed by atoms with van der Waals surface area (Å²) in [5.41, 5.74) is 1.55. The fourth-order valence-electron chi connectivity index (χ4n) is 2.01. The number of fused-ring (bicyclic) bond motifs is 1. The lowest BCUT2D eigenvalue weighted by Crippen LogP contribution is -2.08. The first kappa shape index (κ1) is 13.2. The van der Waals surface area contributed by atoms with Gasteiger partial charge in [0.2, 0.25) is 5.91 Å². The van der Waals surface area contributed by atoms with Crippen LogP contribution in [-0.4, -0.2) is 25.4 Å². The molecule has 0 spiro atoms. The quantitative estimate of drug-likeness (QED) is 0.747. The second-order valence-corrected chi connectivity index (χ2v) is 4.49. The number of benzene rings is 1. The van der Waals surface area contributed by atoms with E-state index in [4.69, 9.17) is 0 Å². The number of hydrogen-bond donors (Lipinski definition) is 1. The molecular weight excluding hydrogens is 273 g/mol. The summed E-state index contributed by atoms with van der Waals surface area (Å²) in [6.45, 7) is 1.83. The maximum absolute atomic E-state index is 13.5. The molecule has 0 saturated carbocycles. The van der Waals surface area contributed by atoms with Crippen molar-refractivity contribution in [1.82, 2.24) is 19.5 Å². The van der Waals surface area contributed by atoms with E-state index in [1.807, 2.05) is 30.3 Å². The van der Waals surface area contributed by atoms with Gasteiger partial charge in [0.05, 0.1) is 0 Å². The monoisotopic (exact) mass is 285 g/mol. The van der Waals surface area contributed by atoms with Crippen molar-refractivity contribution < 1.29 is 9.18 Å². The zero-order chi connectivity index (χ0) is 14.8. The third-order valence-corrected chi connectivity index (χ3v) is 3.01. The zero-order valence-electron chi connectivity index (χ0n) is 11.2. The number of rotatable bonds is 3. The van der Waals surface area contributed by atoms with E-state index < -0.39 is 6.08 Å². The average molecular weight is 285 g/mol. The first-order chi connectivity index (χ1) is 10.1. The summed E-state index contributed by atoms with van der Waals surface area (Å²) in [6, 6.07) is 9.63. The van der Waals surface area contributed by atoms with Gasteiger partial charge in [0.1, 0.15) is 6.33 Å². The topological polar surface area (TPSA) is 72.7 Å². The Labute approximate surface area is 119 Å². The molecule has 2 aromatic heterocycles. The number of carbonyl (C=O) groups is 1. The summed E-state index contributed by atoms with van der Waals surface area (Å²) in [4.78, 5) is 22.9. The second-order valence-electron chi connectivity index (χ2n) is 4.49. The third-order valence-electron chi connectivity index (χ3n) is 3.01. The summed E-state index contributed by atoms with van der Waals surface area (Å²) in [5, 5.41) is 3.02. The zero-order valence-corrected chi connectivity index (χ0v) is 11.2. The molecule has 3 aromatic rings. The summed E-state index contributed by atoms with van der Waals surface area (Å²) in [7, 11) is 0. The van der Waals surface area contributed by atoms with Crippen molar-refractivity contribution in [2.45, 2.75) is 13.5 Å². The number of nitrogens with one attached hydrogen (secondary N) is 1. The number of anilines is 1. The summed E-state index contributed by atoms with van der Waals surface area (Å²) >= 11 is 0. The maximum Gasteiger partial charge on any atom is 0.312 e. The average Bonchev–Trinajstić information content (AvgIpc) is 2.89. The van der Waals surface area contributed by atoms with Gasteiger partial charge in [0, 0.05) is 13.5 Å². The lowest BCUT2D eigenvalue weighted by Gasteiger charge is -2.06. The predicted octanol–water partition coefficient (Wildman–Crippen LogP) is 2.24. The number of hydrogen-bond acceptors (Lipinski definition) is 5. The van der Waals surface area contributed by atoms with Crippen LogP contribution in [0.15, 0.2) is 36.7 Å². The van der Waals surface area contributed by atoms with Gasteiger partial charge in [-0.2, -0.15) is 14.4 Å². The fourth-order valence-corrected chi connectivity index (χ4v) is 2.01. The molecule has 0 aliphatic carbocycles. The Kier molecular flexibility index (Phi) is 3.31. The molecule has 0 fully saturated rings. The van der Waals surface area contributed by atoms with Crippen LogP contribution in [0, 0.1) is 6.08 Å². The van der Waals surface area contributed by atoms with Crippen LogP contribution in [0.5, 0.6) is 0 Å². The molecule has 0 saturated heterocycles. The van der Waals surface area contributed by atoms with Crippen molar-refractivity contribution in [2.24, 2.45) is 0 Å². The van der Waals surface area contributed by atoms with Gasteiger partial charge in [0.25, 0.3) is 0 Å². The molecule has 0 aliphatic rings. The largest absolute Gasteiger partial charge is 0.364 e.